The Morgan fingerprint density at radius 2 is 2.00 bits per heavy atom. The smallest absolute Gasteiger partial charge is 0.342 e. The number of rotatable bonds is 6. The lowest BCUT2D eigenvalue weighted by Crippen LogP contribution is -2.31. The van der Waals surface area contributed by atoms with E-state index >= 15 is 0 Å². The van der Waals surface area contributed by atoms with E-state index in [9.17, 15) is 17.6 Å². The number of benzene rings is 1. The minimum absolute atomic E-state index is 0. The maximum absolute atomic E-state index is 13.6. The van der Waals surface area contributed by atoms with Crippen molar-refractivity contribution in [2.45, 2.75) is 4.90 Å². The summed E-state index contributed by atoms with van der Waals surface area (Å²) < 4.78 is 44.2. The maximum Gasteiger partial charge on any atom is 0.342 e. The molecule has 20 heavy (non-hydrogen) atoms. The molecule has 0 spiro atoms. The van der Waals surface area contributed by atoms with Gasteiger partial charge in [-0.05, 0) is 19.2 Å². The van der Waals surface area contributed by atoms with Crippen LogP contribution in [0.1, 0.15) is 10.4 Å². The first-order valence-corrected chi connectivity index (χ1v) is 6.93. The monoisotopic (exact) mass is 326 g/mol. The molecule has 0 unspecified atom stereocenters. The molecular weight excluding hydrogens is 311 g/mol. The standard InChI is InChI=1S/C11H15FN2O4S.ClH/c1-13-6-7-14-19(16,17)9-5-3-4-8(12)10(9)11(15)18-2;/h3-5,13-14H,6-7H2,1-2H3;1H. The van der Waals surface area contributed by atoms with E-state index in [1.165, 1.54) is 6.07 Å². The molecular formula is C11H16ClFN2O4S. The number of esters is 1. The lowest BCUT2D eigenvalue weighted by Gasteiger charge is -2.10. The SMILES string of the molecule is CNCCNS(=O)(=O)c1cccc(F)c1C(=O)OC.Cl. The van der Waals surface area contributed by atoms with Crippen molar-refractivity contribution in [3.05, 3.63) is 29.6 Å². The zero-order valence-electron chi connectivity index (χ0n) is 11.0. The summed E-state index contributed by atoms with van der Waals surface area (Å²) in [7, 11) is -1.25. The summed E-state index contributed by atoms with van der Waals surface area (Å²) in [5.41, 5.74) is -0.595. The van der Waals surface area contributed by atoms with Crippen LogP contribution in [0, 0.1) is 5.82 Å². The fourth-order valence-electron chi connectivity index (χ4n) is 1.42. The van der Waals surface area contributed by atoms with Crippen LogP contribution in [0.2, 0.25) is 0 Å². The average Bonchev–Trinajstić information content (AvgIpc) is 2.37. The van der Waals surface area contributed by atoms with Gasteiger partial charge in [-0.25, -0.2) is 22.3 Å². The molecule has 0 fully saturated rings. The molecule has 0 heterocycles. The van der Waals surface area contributed by atoms with Crippen LogP contribution in [-0.4, -0.2) is 41.6 Å². The minimum atomic E-state index is -3.97. The maximum atomic E-state index is 13.6. The van der Waals surface area contributed by atoms with Crippen molar-refractivity contribution in [3.63, 3.8) is 0 Å². The summed E-state index contributed by atoms with van der Waals surface area (Å²) in [6.45, 7) is 0.526. The molecule has 1 aromatic rings. The molecule has 0 amide bonds. The number of sulfonamides is 1. The highest BCUT2D eigenvalue weighted by molar-refractivity contribution is 7.89. The number of hydrogen-bond acceptors (Lipinski definition) is 5. The van der Waals surface area contributed by atoms with Crippen LogP contribution in [0.4, 0.5) is 4.39 Å². The number of halogens is 2. The van der Waals surface area contributed by atoms with Gasteiger partial charge in [-0.1, -0.05) is 6.07 Å². The summed E-state index contributed by atoms with van der Waals surface area (Å²) >= 11 is 0. The third kappa shape index (κ3) is 4.41. The number of ether oxygens (including phenoxy) is 1. The van der Waals surface area contributed by atoms with Crippen LogP contribution in [0.25, 0.3) is 0 Å². The van der Waals surface area contributed by atoms with Gasteiger partial charge in [-0.2, -0.15) is 0 Å². The van der Waals surface area contributed by atoms with Gasteiger partial charge in [0.1, 0.15) is 11.4 Å². The molecule has 0 aromatic heterocycles. The van der Waals surface area contributed by atoms with E-state index in [-0.39, 0.29) is 19.0 Å². The second kappa shape index (κ2) is 8.15. The van der Waals surface area contributed by atoms with Crippen LogP contribution in [-0.2, 0) is 14.8 Å². The van der Waals surface area contributed by atoms with Crippen molar-refractivity contribution in [2.24, 2.45) is 0 Å². The van der Waals surface area contributed by atoms with Gasteiger partial charge < -0.3 is 10.1 Å². The van der Waals surface area contributed by atoms with Crippen LogP contribution >= 0.6 is 12.4 Å². The predicted molar refractivity (Wildman–Crippen MR) is 74.1 cm³/mol. The van der Waals surface area contributed by atoms with Gasteiger partial charge in [-0.3, -0.25) is 0 Å². The highest BCUT2D eigenvalue weighted by Gasteiger charge is 2.25. The number of hydrogen-bond donors (Lipinski definition) is 2. The van der Waals surface area contributed by atoms with E-state index in [0.29, 0.717) is 6.54 Å². The van der Waals surface area contributed by atoms with Crippen LogP contribution in [0.3, 0.4) is 0 Å². The summed E-state index contributed by atoms with van der Waals surface area (Å²) in [4.78, 5) is 11.0. The lowest BCUT2D eigenvalue weighted by molar-refractivity contribution is 0.0590. The van der Waals surface area contributed by atoms with Gasteiger partial charge in [0, 0.05) is 13.1 Å². The molecule has 0 aliphatic heterocycles. The normalized spacial score (nSPS) is 10.8. The van der Waals surface area contributed by atoms with Gasteiger partial charge in [0.2, 0.25) is 10.0 Å². The molecule has 9 heteroatoms. The summed E-state index contributed by atoms with van der Waals surface area (Å²) in [6, 6.07) is 3.37. The third-order valence-corrected chi connectivity index (χ3v) is 3.82. The summed E-state index contributed by atoms with van der Waals surface area (Å²) in [5, 5.41) is 2.76. The Morgan fingerprint density at radius 1 is 1.35 bits per heavy atom. The Labute approximate surface area is 123 Å². The number of nitrogens with one attached hydrogen (secondary N) is 2. The van der Waals surface area contributed by atoms with Gasteiger partial charge >= 0.3 is 5.97 Å². The summed E-state index contributed by atoms with van der Waals surface area (Å²) in [5.74, 6) is -1.98. The Kier molecular flexibility index (Phi) is 7.66. The van der Waals surface area contributed by atoms with Crippen molar-refractivity contribution in [1.29, 1.82) is 0 Å². The van der Waals surface area contributed by atoms with Crippen molar-refractivity contribution < 1.29 is 22.3 Å². The molecule has 0 aliphatic carbocycles. The second-order valence-electron chi connectivity index (χ2n) is 3.61. The number of likely N-dealkylation sites (N-methyl/N-ethyl adjacent to an activating group) is 1. The molecule has 2 N–H and O–H groups in total. The van der Waals surface area contributed by atoms with Crippen molar-refractivity contribution in [3.8, 4) is 0 Å². The molecule has 114 valence electrons. The molecule has 0 radical (unpaired) electrons. The topological polar surface area (TPSA) is 84.5 Å². The van der Waals surface area contributed by atoms with Crippen molar-refractivity contribution in [2.75, 3.05) is 27.2 Å². The first-order valence-electron chi connectivity index (χ1n) is 5.45. The zero-order chi connectivity index (χ0) is 14.5. The fourth-order valence-corrected chi connectivity index (χ4v) is 2.65. The molecule has 1 aromatic carbocycles. The molecule has 0 aliphatic rings. The van der Waals surface area contributed by atoms with Gasteiger partial charge in [0.15, 0.2) is 0 Å². The first-order chi connectivity index (χ1) is 8.94. The van der Waals surface area contributed by atoms with E-state index < -0.39 is 32.3 Å². The van der Waals surface area contributed by atoms with Gasteiger partial charge in [0.25, 0.3) is 0 Å². The molecule has 0 saturated carbocycles. The minimum Gasteiger partial charge on any atom is -0.465 e. The average molecular weight is 327 g/mol. The number of carbonyl (C=O) groups is 1. The Bertz CT molecular complexity index is 566. The quantitative estimate of drug-likeness (QED) is 0.588. The lowest BCUT2D eigenvalue weighted by atomic mass is 10.2. The number of carbonyl (C=O) groups excluding carboxylic acids is 1. The van der Waals surface area contributed by atoms with Crippen LogP contribution in [0.15, 0.2) is 23.1 Å². The van der Waals surface area contributed by atoms with Gasteiger partial charge in [0.05, 0.1) is 12.0 Å². The van der Waals surface area contributed by atoms with E-state index in [2.05, 4.69) is 14.8 Å². The molecule has 0 saturated heterocycles. The van der Waals surface area contributed by atoms with Crippen molar-refractivity contribution in [1.82, 2.24) is 10.0 Å². The van der Waals surface area contributed by atoms with Gasteiger partial charge in [-0.15, -0.1) is 12.4 Å². The fraction of sp³-hybridized carbons (Fsp3) is 0.364. The van der Waals surface area contributed by atoms with Crippen LogP contribution < -0.4 is 10.0 Å². The molecule has 1 rings (SSSR count). The predicted octanol–water partition coefficient (Wildman–Crippen LogP) is 0.532. The Hall–Kier alpha value is -1.22. The Morgan fingerprint density at radius 3 is 2.55 bits per heavy atom. The zero-order valence-corrected chi connectivity index (χ0v) is 12.6. The molecule has 0 atom stereocenters. The highest BCUT2D eigenvalue weighted by atomic mass is 35.5. The Balaban J connectivity index is 0.00000361. The van der Waals surface area contributed by atoms with E-state index in [1.807, 2.05) is 0 Å². The van der Waals surface area contributed by atoms with Crippen LogP contribution in [0.5, 0.6) is 0 Å². The van der Waals surface area contributed by atoms with Crippen molar-refractivity contribution >= 4 is 28.4 Å². The third-order valence-electron chi connectivity index (χ3n) is 2.32. The summed E-state index contributed by atoms with van der Waals surface area (Å²) in [6.07, 6.45) is 0. The number of methoxy groups -OCH3 is 1. The molecule has 6 nitrogen and oxygen atoms in total. The molecule has 0 bridgehead atoms. The largest absolute Gasteiger partial charge is 0.465 e. The first kappa shape index (κ1) is 18.8. The van der Waals surface area contributed by atoms with E-state index in [4.69, 9.17) is 0 Å². The van der Waals surface area contributed by atoms with E-state index in [1.54, 1.807) is 7.05 Å². The van der Waals surface area contributed by atoms with E-state index in [0.717, 1.165) is 19.2 Å². The highest BCUT2D eigenvalue weighted by Crippen LogP contribution is 2.19. The second-order valence-corrected chi connectivity index (χ2v) is 5.34.